The van der Waals surface area contributed by atoms with Gasteiger partial charge in [-0.25, -0.2) is 0 Å². The molecule has 0 heterocycles. The molecule has 0 aliphatic rings. The number of hydrogen-bond acceptors (Lipinski definition) is 2. The van der Waals surface area contributed by atoms with Gasteiger partial charge < -0.3 is 4.74 Å². The second-order valence-corrected chi connectivity index (χ2v) is 4.48. The van der Waals surface area contributed by atoms with E-state index in [9.17, 15) is 0 Å². The zero-order chi connectivity index (χ0) is 13.3. The van der Waals surface area contributed by atoms with Crippen molar-refractivity contribution in [3.05, 3.63) is 71.8 Å². The van der Waals surface area contributed by atoms with E-state index in [2.05, 4.69) is 29.3 Å². The Bertz CT molecular complexity index is 493. The summed E-state index contributed by atoms with van der Waals surface area (Å²) in [6.45, 7) is 3.34. The van der Waals surface area contributed by atoms with Gasteiger partial charge in [0, 0.05) is 6.21 Å². The fourth-order valence-electron chi connectivity index (χ4n) is 1.73. The highest BCUT2D eigenvalue weighted by atomic mass is 16.5. The van der Waals surface area contributed by atoms with E-state index in [0.29, 0.717) is 13.2 Å². The Labute approximate surface area is 114 Å². The maximum absolute atomic E-state index is 5.72. The summed E-state index contributed by atoms with van der Waals surface area (Å²) < 4.78 is 5.72. The number of ether oxygens (including phenoxy) is 1. The zero-order valence-electron chi connectivity index (χ0n) is 11.2. The van der Waals surface area contributed by atoms with Gasteiger partial charge in [-0.15, -0.1) is 0 Å². The minimum atomic E-state index is 0.0314. The van der Waals surface area contributed by atoms with Crippen LogP contribution in [0.25, 0.3) is 0 Å². The van der Waals surface area contributed by atoms with Crippen LogP contribution in [0.2, 0.25) is 0 Å². The summed E-state index contributed by atoms with van der Waals surface area (Å²) in [5.41, 5.74) is 2.40. The number of benzene rings is 2. The van der Waals surface area contributed by atoms with Gasteiger partial charge in [0.05, 0.1) is 19.3 Å². The lowest BCUT2D eigenvalue weighted by Gasteiger charge is -2.08. The van der Waals surface area contributed by atoms with Gasteiger partial charge >= 0.3 is 0 Å². The lowest BCUT2D eigenvalue weighted by Crippen LogP contribution is -2.09. The van der Waals surface area contributed by atoms with Gasteiger partial charge in [0.15, 0.2) is 0 Å². The topological polar surface area (TPSA) is 21.6 Å². The Balaban J connectivity index is 1.74. The molecular weight excluding hydrogens is 234 g/mol. The number of hydrogen-bond donors (Lipinski definition) is 0. The molecule has 19 heavy (non-hydrogen) atoms. The Morgan fingerprint density at radius 3 is 2.16 bits per heavy atom. The van der Waals surface area contributed by atoms with E-state index in [1.54, 1.807) is 0 Å². The monoisotopic (exact) mass is 253 g/mol. The van der Waals surface area contributed by atoms with Crippen molar-refractivity contribution in [2.75, 3.05) is 0 Å². The standard InChI is InChI=1S/C17H19NO/c1-15(19-14-17-10-6-3-7-11-17)12-18-13-16-8-4-2-5-9-16/h2-12,15H,13-14H2,1H3/t15-/m0/s1. The first-order valence-corrected chi connectivity index (χ1v) is 6.54. The Morgan fingerprint density at radius 1 is 0.947 bits per heavy atom. The van der Waals surface area contributed by atoms with Crippen LogP contribution in [0, 0.1) is 0 Å². The van der Waals surface area contributed by atoms with Crippen molar-refractivity contribution in [1.82, 2.24) is 0 Å². The van der Waals surface area contributed by atoms with E-state index >= 15 is 0 Å². The average molecular weight is 253 g/mol. The predicted molar refractivity (Wildman–Crippen MR) is 79.3 cm³/mol. The van der Waals surface area contributed by atoms with E-state index in [4.69, 9.17) is 4.74 Å². The summed E-state index contributed by atoms with van der Waals surface area (Å²) >= 11 is 0. The summed E-state index contributed by atoms with van der Waals surface area (Å²) in [4.78, 5) is 4.40. The summed E-state index contributed by atoms with van der Waals surface area (Å²) in [6.07, 6.45) is 1.90. The lowest BCUT2D eigenvalue weighted by atomic mass is 10.2. The second kappa shape index (κ2) is 7.49. The van der Waals surface area contributed by atoms with Crippen LogP contribution in [-0.2, 0) is 17.9 Å². The van der Waals surface area contributed by atoms with Crippen molar-refractivity contribution < 1.29 is 4.74 Å². The lowest BCUT2D eigenvalue weighted by molar-refractivity contribution is 0.0989. The highest BCUT2D eigenvalue weighted by Gasteiger charge is 1.98. The maximum atomic E-state index is 5.72. The van der Waals surface area contributed by atoms with Gasteiger partial charge in [-0.05, 0) is 18.1 Å². The predicted octanol–water partition coefficient (Wildman–Crippen LogP) is 3.86. The van der Waals surface area contributed by atoms with Crippen LogP contribution >= 0.6 is 0 Å². The molecule has 0 spiro atoms. The number of aliphatic imine (C=N–C) groups is 1. The van der Waals surface area contributed by atoms with Gasteiger partial charge in [-0.1, -0.05) is 60.7 Å². The summed E-state index contributed by atoms with van der Waals surface area (Å²) in [5.74, 6) is 0. The third-order valence-electron chi connectivity index (χ3n) is 2.79. The molecule has 0 N–H and O–H groups in total. The zero-order valence-corrected chi connectivity index (χ0v) is 11.2. The fourth-order valence-corrected chi connectivity index (χ4v) is 1.73. The van der Waals surface area contributed by atoms with Crippen LogP contribution in [0.3, 0.4) is 0 Å². The van der Waals surface area contributed by atoms with E-state index in [1.807, 2.05) is 49.5 Å². The van der Waals surface area contributed by atoms with E-state index in [1.165, 1.54) is 11.1 Å². The Kier molecular flexibility index (Phi) is 5.32. The summed E-state index contributed by atoms with van der Waals surface area (Å²) in [7, 11) is 0. The molecule has 2 aromatic carbocycles. The SMILES string of the molecule is C[C@@H](C=NCc1ccccc1)OCc1ccccc1. The molecule has 1 atom stereocenters. The molecule has 0 saturated carbocycles. The number of rotatable bonds is 6. The molecule has 0 bridgehead atoms. The minimum Gasteiger partial charge on any atom is -0.368 e. The molecule has 98 valence electrons. The Morgan fingerprint density at radius 2 is 1.53 bits per heavy atom. The smallest absolute Gasteiger partial charge is 0.0898 e. The molecule has 0 aliphatic heterocycles. The van der Waals surface area contributed by atoms with E-state index < -0.39 is 0 Å². The summed E-state index contributed by atoms with van der Waals surface area (Å²) in [5, 5.41) is 0. The molecule has 0 aliphatic carbocycles. The molecule has 0 radical (unpaired) electrons. The third kappa shape index (κ3) is 5.06. The van der Waals surface area contributed by atoms with Crippen LogP contribution in [0.1, 0.15) is 18.1 Å². The Hall–Kier alpha value is -1.93. The van der Waals surface area contributed by atoms with Gasteiger partial charge in [-0.2, -0.15) is 0 Å². The highest BCUT2D eigenvalue weighted by Crippen LogP contribution is 2.03. The molecule has 0 aromatic heterocycles. The van der Waals surface area contributed by atoms with Crippen molar-refractivity contribution in [3.63, 3.8) is 0 Å². The van der Waals surface area contributed by atoms with Crippen molar-refractivity contribution in [2.24, 2.45) is 4.99 Å². The van der Waals surface area contributed by atoms with E-state index in [0.717, 1.165) is 0 Å². The van der Waals surface area contributed by atoms with Crippen LogP contribution in [0.15, 0.2) is 65.7 Å². The molecule has 2 nitrogen and oxygen atoms in total. The molecule has 0 fully saturated rings. The molecule has 0 unspecified atom stereocenters. The van der Waals surface area contributed by atoms with Gasteiger partial charge in [0.2, 0.25) is 0 Å². The third-order valence-corrected chi connectivity index (χ3v) is 2.79. The van der Waals surface area contributed by atoms with Crippen LogP contribution in [0.4, 0.5) is 0 Å². The molecule has 0 amide bonds. The van der Waals surface area contributed by atoms with Crippen molar-refractivity contribution in [3.8, 4) is 0 Å². The molecule has 2 rings (SSSR count). The molecule has 2 heteroatoms. The van der Waals surface area contributed by atoms with Crippen LogP contribution in [0.5, 0.6) is 0 Å². The van der Waals surface area contributed by atoms with Gasteiger partial charge in [-0.3, -0.25) is 4.99 Å². The van der Waals surface area contributed by atoms with Crippen molar-refractivity contribution >= 4 is 6.21 Å². The van der Waals surface area contributed by atoms with E-state index in [-0.39, 0.29) is 6.10 Å². The molecular formula is C17H19NO. The second-order valence-electron chi connectivity index (χ2n) is 4.48. The van der Waals surface area contributed by atoms with Gasteiger partial charge in [0.1, 0.15) is 0 Å². The van der Waals surface area contributed by atoms with Crippen molar-refractivity contribution in [1.29, 1.82) is 0 Å². The van der Waals surface area contributed by atoms with Crippen molar-refractivity contribution in [2.45, 2.75) is 26.2 Å². The fraction of sp³-hybridized carbons (Fsp3) is 0.235. The van der Waals surface area contributed by atoms with Crippen LogP contribution < -0.4 is 0 Å². The average Bonchev–Trinajstić information content (AvgIpc) is 2.47. The van der Waals surface area contributed by atoms with Gasteiger partial charge in [0.25, 0.3) is 0 Å². The first-order chi connectivity index (χ1) is 9.34. The maximum Gasteiger partial charge on any atom is 0.0898 e. The largest absolute Gasteiger partial charge is 0.368 e. The minimum absolute atomic E-state index is 0.0314. The normalized spacial score (nSPS) is 12.7. The highest BCUT2D eigenvalue weighted by molar-refractivity contribution is 5.62. The molecule has 2 aromatic rings. The quantitative estimate of drug-likeness (QED) is 0.716. The van der Waals surface area contributed by atoms with Crippen LogP contribution in [-0.4, -0.2) is 12.3 Å². The number of nitrogens with zero attached hydrogens (tertiary/aromatic N) is 1. The first kappa shape index (κ1) is 13.5. The molecule has 0 saturated heterocycles. The summed E-state index contributed by atoms with van der Waals surface area (Å²) in [6, 6.07) is 20.4. The first-order valence-electron chi connectivity index (χ1n) is 6.54.